The minimum Gasteiger partial charge on any atom is -0.504 e. The number of aliphatic carboxylic acids is 1. The van der Waals surface area contributed by atoms with Crippen molar-refractivity contribution in [1.82, 2.24) is 0 Å². The van der Waals surface area contributed by atoms with E-state index in [4.69, 9.17) is 21.4 Å². The van der Waals surface area contributed by atoms with Gasteiger partial charge in [0.15, 0.2) is 18.1 Å². The van der Waals surface area contributed by atoms with Crippen LogP contribution >= 0.6 is 11.6 Å². The standard InChI is InChI=1S/C8H7ClO4/c9-5-1-2-6(10)7(3-5)13-4-8(11)12/h1-3,10H,4H2,(H,11,12). The molecule has 0 atom stereocenters. The summed E-state index contributed by atoms with van der Waals surface area (Å²) < 4.78 is 4.75. The number of halogens is 1. The summed E-state index contributed by atoms with van der Waals surface area (Å²) in [6.45, 7) is -0.506. The van der Waals surface area contributed by atoms with Crippen LogP contribution in [0, 0.1) is 0 Å². The van der Waals surface area contributed by atoms with Crippen molar-refractivity contribution in [1.29, 1.82) is 0 Å². The number of aromatic hydroxyl groups is 1. The predicted octanol–water partition coefficient (Wildman–Crippen LogP) is 1.51. The lowest BCUT2D eigenvalue weighted by Gasteiger charge is -2.05. The van der Waals surface area contributed by atoms with Crippen LogP contribution in [0.15, 0.2) is 18.2 Å². The van der Waals surface area contributed by atoms with Crippen molar-refractivity contribution in [3.05, 3.63) is 23.2 Å². The molecule has 1 rings (SSSR count). The zero-order valence-electron chi connectivity index (χ0n) is 6.53. The van der Waals surface area contributed by atoms with Crippen LogP contribution in [0.25, 0.3) is 0 Å². The van der Waals surface area contributed by atoms with Gasteiger partial charge >= 0.3 is 5.97 Å². The van der Waals surface area contributed by atoms with Gasteiger partial charge in [0.2, 0.25) is 0 Å². The molecule has 0 spiro atoms. The van der Waals surface area contributed by atoms with E-state index in [0.717, 1.165) is 0 Å². The molecular weight excluding hydrogens is 196 g/mol. The molecule has 0 radical (unpaired) electrons. The third-order valence-electron chi connectivity index (χ3n) is 1.27. The lowest BCUT2D eigenvalue weighted by Crippen LogP contribution is -2.09. The maximum Gasteiger partial charge on any atom is 0.341 e. The molecular formula is C8H7ClO4. The van der Waals surface area contributed by atoms with Crippen LogP contribution in [0.3, 0.4) is 0 Å². The zero-order chi connectivity index (χ0) is 9.84. The van der Waals surface area contributed by atoms with Crippen LogP contribution < -0.4 is 4.74 Å². The van der Waals surface area contributed by atoms with E-state index in [9.17, 15) is 9.90 Å². The summed E-state index contributed by atoms with van der Waals surface area (Å²) in [7, 11) is 0. The third-order valence-corrected chi connectivity index (χ3v) is 1.51. The van der Waals surface area contributed by atoms with Crippen molar-refractivity contribution in [2.24, 2.45) is 0 Å². The highest BCUT2D eigenvalue weighted by Gasteiger charge is 2.04. The van der Waals surface area contributed by atoms with E-state index in [-0.39, 0.29) is 11.5 Å². The molecule has 1 aromatic carbocycles. The van der Waals surface area contributed by atoms with E-state index in [1.807, 2.05) is 0 Å². The first kappa shape index (κ1) is 9.67. The predicted molar refractivity (Wildman–Crippen MR) is 46.2 cm³/mol. The van der Waals surface area contributed by atoms with Gasteiger partial charge in [-0.25, -0.2) is 4.79 Å². The summed E-state index contributed by atoms with van der Waals surface area (Å²) in [5.74, 6) is -1.18. The van der Waals surface area contributed by atoms with Crippen molar-refractivity contribution >= 4 is 17.6 Å². The molecule has 0 fully saturated rings. The van der Waals surface area contributed by atoms with Crippen molar-refractivity contribution in [3.8, 4) is 11.5 Å². The zero-order valence-corrected chi connectivity index (χ0v) is 7.28. The van der Waals surface area contributed by atoms with E-state index in [0.29, 0.717) is 5.02 Å². The first-order valence-electron chi connectivity index (χ1n) is 3.42. The Labute approximate surface area is 79.3 Å². The Kier molecular flexibility index (Phi) is 2.97. The molecule has 2 N–H and O–H groups in total. The van der Waals surface area contributed by atoms with E-state index in [2.05, 4.69) is 0 Å². The van der Waals surface area contributed by atoms with Gasteiger partial charge in [-0.3, -0.25) is 0 Å². The number of benzene rings is 1. The number of phenolic OH excluding ortho intramolecular Hbond substituents is 1. The van der Waals surface area contributed by atoms with E-state index in [1.54, 1.807) is 0 Å². The molecule has 0 aliphatic heterocycles. The molecule has 0 saturated carbocycles. The molecule has 4 nitrogen and oxygen atoms in total. The van der Waals surface area contributed by atoms with Crippen molar-refractivity contribution in [2.45, 2.75) is 0 Å². The topological polar surface area (TPSA) is 66.8 Å². The van der Waals surface area contributed by atoms with Crippen LogP contribution in [0.4, 0.5) is 0 Å². The number of hydrogen-bond donors (Lipinski definition) is 2. The molecule has 0 bridgehead atoms. The van der Waals surface area contributed by atoms with E-state index < -0.39 is 12.6 Å². The lowest BCUT2D eigenvalue weighted by molar-refractivity contribution is -0.139. The Hall–Kier alpha value is -1.42. The average Bonchev–Trinajstić information content (AvgIpc) is 2.06. The highest BCUT2D eigenvalue weighted by Crippen LogP contribution is 2.28. The summed E-state index contributed by atoms with van der Waals surface area (Å²) in [6.07, 6.45) is 0. The van der Waals surface area contributed by atoms with Crippen LogP contribution in [0.1, 0.15) is 0 Å². The highest BCUT2D eigenvalue weighted by atomic mass is 35.5. The Bertz CT molecular complexity index is 324. The number of carboxylic acids is 1. The molecule has 5 heteroatoms. The van der Waals surface area contributed by atoms with Gasteiger partial charge in [-0.15, -0.1) is 0 Å². The van der Waals surface area contributed by atoms with Gasteiger partial charge in [0, 0.05) is 11.1 Å². The Morgan fingerprint density at radius 1 is 1.54 bits per heavy atom. The largest absolute Gasteiger partial charge is 0.504 e. The lowest BCUT2D eigenvalue weighted by atomic mass is 10.3. The minimum absolute atomic E-state index is 0.0647. The number of carboxylic acid groups (broad SMARTS) is 1. The summed E-state index contributed by atoms with van der Waals surface area (Å²) in [5.41, 5.74) is 0. The monoisotopic (exact) mass is 202 g/mol. The molecule has 0 aliphatic carbocycles. The van der Waals surface area contributed by atoms with Gasteiger partial charge in [-0.05, 0) is 12.1 Å². The first-order valence-corrected chi connectivity index (χ1v) is 3.80. The Morgan fingerprint density at radius 3 is 2.85 bits per heavy atom. The fourth-order valence-electron chi connectivity index (χ4n) is 0.743. The number of hydrogen-bond acceptors (Lipinski definition) is 3. The molecule has 0 aromatic heterocycles. The normalized spacial score (nSPS) is 9.62. The van der Waals surface area contributed by atoms with Crippen LogP contribution in [0.2, 0.25) is 5.02 Å². The summed E-state index contributed by atoms with van der Waals surface area (Å²) in [5, 5.41) is 17.8. The second-order valence-corrected chi connectivity index (χ2v) is 2.73. The van der Waals surface area contributed by atoms with Crippen molar-refractivity contribution in [2.75, 3.05) is 6.61 Å². The van der Waals surface area contributed by atoms with Crippen LogP contribution in [0.5, 0.6) is 11.5 Å². The van der Waals surface area contributed by atoms with Crippen molar-refractivity contribution < 1.29 is 19.7 Å². The number of carbonyl (C=O) groups is 1. The van der Waals surface area contributed by atoms with E-state index >= 15 is 0 Å². The summed E-state index contributed by atoms with van der Waals surface area (Å²) in [6, 6.07) is 4.16. The quantitative estimate of drug-likeness (QED) is 0.780. The number of rotatable bonds is 3. The first-order chi connectivity index (χ1) is 6.09. The number of phenols is 1. The fourth-order valence-corrected chi connectivity index (χ4v) is 0.905. The molecule has 13 heavy (non-hydrogen) atoms. The van der Waals surface area contributed by atoms with Gasteiger partial charge in [0.25, 0.3) is 0 Å². The molecule has 0 heterocycles. The molecule has 1 aromatic rings. The summed E-state index contributed by atoms with van der Waals surface area (Å²) in [4.78, 5) is 10.1. The molecule has 0 saturated heterocycles. The number of ether oxygens (including phenoxy) is 1. The molecule has 0 unspecified atom stereocenters. The smallest absolute Gasteiger partial charge is 0.341 e. The van der Waals surface area contributed by atoms with Gasteiger partial charge in [-0.1, -0.05) is 11.6 Å². The van der Waals surface area contributed by atoms with Crippen molar-refractivity contribution in [3.63, 3.8) is 0 Å². The van der Waals surface area contributed by atoms with Gasteiger partial charge in [0.05, 0.1) is 0 Å². The average molecular weight is 203 g/mol. The van der Waals surface area contributed by atoms with Gasteiger partial charge < -0.3 is 14.9 Å². The maximum atomic E-state index is 10.1. The fraction of sp³-hybridized carbons (Fsp3) is 0.125. The highest BCUT2D eigenvalue weighted by molar-refractivity contribution is 6.30. The van der Waals surface area contributed by atoms with E-state index in [1.165, 1.54) is 18.2 Å². The SMILES string of the molecule is O=C(O)COc1cc(Cl)ccc1O. The molecule has 70 valence electrons. The summed E-state index contributed by atoms with van der Waals surface area (Å²) >= 11 is 5.59. The Balaban J connectivity index is 2.75. The second-order valence-electron chi connectivity index (χ2n) is 2.29. The van der Waals surface area contributed by atoms with Gasteiger partial charge in [-0.2, -0.15) is 0 Å². The third kappa shape index (κ3) is 2.83. The maximum absolute atomic E-state index is 10.1. The molecule has 0 amide bonds. The Morgan fingerprint density at radius 2 is 2.23 bits per heavy atom. The van der Waals surface area contributed by atoms with Gasteiger partial charge in [0.1, 0.15) is 0 Å². The molecule has 0 aliphatic rings. The second kappa shape index (κ2) is 4.00. The van der Waals surface area contributed by atoms with Crippen LogP contribution in [-0.2, 0) is 4.79 Å². The minimum atomic E-state index is -1.11. The van der Waals surface area contributed by atoms with Crippen LogP contribution in [-0.4, -0.2) is 22.8 Å².